The van der Waals surface area contributed by atoms with Gasteiger partial charge in [-0.25, -0.2) is 0 Å². The van der Waals surface area contributed by atoms with Gasteiger partial charge in [-0.1, -0.05) is 42.5 Å². The molecular weight excluding hydrogens is 354 g/mol. The first kappa shape index (κ1) is 19.5. The molecule has 5 nitrogen and oxygen atoms in total. The van der Waals surface area contributed by atoms with E-state index in [1.807, 2.05) is 30.3 Å². The Morgan fingerprint density at radius 1 is 0.893 bits per heavy atom. The standard InChI is InChI=1S/C23H23NO4/c25-15-20(14-17-6-10-21(26)11-7-17)24-23(27)19-8-12-22(13-9-19)28-16-18-4-2-1-3-5-18/h1-13,20,25-26H,14-16H2,(H,24,27). The minimum Gasteiger partial charge on any atom is -0.508 e. The summed E-state index contributed by atoms with van der Waals surface area (Å²) in [5.74, 6) is 0.610. The first-order valence-electron chi connectivity index (χ1n) is 9.10. The lowest BCUT2D eigenvalue weighted by Crippen LogP contribution is -2.39. The molecule has 0 heterocycles. The molecule has 0 aromatic heterocycles. The van der Waals surface area contributed by atoms with Gasteiger partial charge in [0.2, 0.25) is 0 Å². The summed E-state index contributed by atoms with van der Waals surface area (Å²) in [4.78, 5) is 12.4. The summed E-state index contributed by atoms with van der Waals surface area (Å²) in [7, 11) is 0. The second kappa shape index (κ2) is 9.58. The van der Waals surface area contributed by atoms with Gasteiger partial charge in [-0.05, 0) is 53.9 Å². The highest BCUT2D eigenvalue weighted by molar-refractivity contribution is 5.94. The molecular formula is C23H23NO4. The van der Waals surface area contributed by atoms with E-state index in [-0.39, 0.29) is 18.3 Å². The fraction of sp³-hybridized carbons (Fsp3) is 0.174. The van der Waals surface area contributed by atoms with Gasteiger partial charge in [0.1, 0.15) is 18.1 Å². The molecule has 3 N–H and O–H groups in total. The molecule has 3 rings (SSSR count). The average Bonchev–Trinajstić information content (AvgIpc) is 2.74. The van der Waals surface area contributed by atoms with Crippen LogP contribution in [0.1, 0.15) is 21.5 Å². The minimum absolute atomic E-state index is 0.176. The summed E-state index contributed by atoms with van der Waals surface area (Å²) in [6, 6.07) is 23.1. The summed E-state index contributed by atoms with van der Waals surface area (Å²) in [5, 5.41) is 21.7. The predicted molar refractivity (Wildman–Crippen MR) is 107 cm³/mol. The maximum atomic E-state index is 12.4. The third-order valence-corrected chi connectivity index (χ3v) is 4.34. The Kier molecular flexibility index (Phi) is 6.65. The summed E-state index contributed by atoms with van der Waals surface area (Å²) in [5.41, 5.74) is 2.49. The molecule has 0 bridgehead atoms. The molecule has 0 spiro atoms. The Balaban J connectivity index is 1.54. The smallest absolute Gasteiger partial charge is 0.251 e. The Labute approximate surface area is 164 Å². The average molecular weight is 377 g/mol. The van der Waals surface area contributed by atoms with E-state index in [2.05, 4.69) is 5.32 Å². The van der Waals surface area contributed by atoms with Crippen molar-refractivity contribution in [3.05, 3.63) is 95.6 Å². The third-order valence-electron chi connectivity index (χ3n) is 4.34. The molecule has 1 atom stereocenters. The fourth-order valence-corrected chi connectivity index (χ4v) is 2.79. The number of phenolic OH excluding ortho intramolecular Hbond substituents is 1. The largest absolute Gasteiger partial charge is 0.508 e. The highest BCUT2D eigenvalue weighted by Crippen LogP contribution is 2.15. The summed E-state index contributed by atoms with van der Waals surface area (Å²) in [6.45, 7) is 0.288. The number of carbonyl (C=O) groups is 1. The Morgan fingerprint density at radius 3 is 2.21 bits per heavy atom. The molecule has 0 aliphatic heterocycles. The molecule has 0 aliphatic carbocycles. The minimum atomic E-state index is -0.411. The van der Waals surface area contributed by atoms with E-state index >= 15 is 0 Å². The lowest BCUT2D eigenvalue weighted by molar-refractivity contribution is 0.0916. The Hall–Kier alpha value is -3.31. The number of hydrogen-bond acceptors (Lipinski definition) is 4. The number of rotatable bonds is 8. The van der Waals surface area contributed by atoms with Crippen molar-refractivity contribution in [3.8, 4) is 11.5 Å². The van der Waals surface area contributed by atoms with Gasteiger partial charge in [-0.3, -0.25) is 4.79 Å². The SMILES string of the molecule is O=C(NC(CO)Cc1ccc(O)cc1)c1ccc(OCc2ccccc2)cc1. The van der Waals surface area contributed by atoms with Gasteiger partial charge >= 0.3 is 0 Å². The zero-order valence-electron chi connectivity index (χ0n) is 15.4. The molecule has 144 valence electrons. The van der Waals surface area contributed by atoms with Crippen molar-refractivity contribution in [2.45, 2.75) is 19.1 Å². The van der Waals surface area contributed by atoms with Crippen molar-refractivity contribution >= 4 is 5.91 Å². The van der Waals surface area contributed by atoms with Gasteiger partial charge in [0.25, 0.3) is 5.91 Å². The zero-order chi connectivity index (χ0) is 19.8. The first-order chi connectivity index (χ1) is 13.6. The summed E-state index contributed by atoms with van der Waals surface area (Å²) in [6.07, 6.45) is 0.473. The van der Waals surface area contributed by atoms with Crippen LogP contribution in [0.2, 0.25) is 0 Å². The van der Waals surface area contributed by atoms with Crippen molar-refractivity contribution < 1.29 is 19.7 Å². The molecule has 28 heavy (non-hydrogen) atoms. The lowest BCUT2D eigenvalue weighted by Gasteiger charge is -2.17. The van der Waals surface area contributed by atoms with Crippen molar-refractivity contribution in [1.82, 2.24) is 5.32 Å². The van der Waals surface area contributed by atoms with E-state index in [4.69, 9.17) is 4.74 Å². The number of benzene rings is 3. The van der Waals surface area contributed by atoms with E-state index in [0.717, 1.165) is 11.1 Å². The van der Waals surface area contributed by atoms with Gasteiger partial charge in [-0.2, -0.15) is 0 Å². The van der Waals surface area contributed by atoms with Crippen LogP contribution in [0.3, 0.4) is 0 Å². The Bertz CT molecular complexity index is 877. The molecule has 0 fully saturated rings. The van der Waals surface area contributed by atoms with Gasteiger partial charge in [0.05, 0.1) is 12.6 Å². The number of hydrogen-bond donors (Lipinski definition) is 3. The van der Waals surface area contributed by atoms with Crippen molar-refractivity contribution in [2.24, 2.45) is 0 Å². The molecule has 0 radical (unpaired) electrons. The molecule has 3 aromatic rings. The molecule has 0 saturated carbocycles. The molecule has 1 amide bonds. The van der Waals surface area contributed by atoms with E-state index in [1.165, 1.54) is 0 Å². The Morgan fingerprint density at radius 2 is 1.57 bits per heavy atom. The van der Waals surface area contributed by atoms with Crippen LogP contribution in [0, 0.1) is 0 Å². The van der Waals surface area contributed by atoms with Gasteiger partial charge in [0, 0.05) is 5.56 Å². The van der Waals surface area contributed by atoms with Crippen molar-refractivity contribution in [1.29, 1.82) is 0 Å². The predicted octanol–water partition coefficient (Wildman–Crippen LogP) is 3.30. The molecule has 0 aliphatic rings. The van der Waals surface area contributed by atoms with Crippen LogP contribution in [-0.4, -0.2) is 28.8 Å². The third kappa shape index (κ3) is 5.59. The maximum Gasteiger partial charge on any atom is 0.251 e. The number of amides is 1. The van der Waals surface area contributed by atoms with Crippen LogP contribution in [0.4, 0.5) is 0 Å². The van der Waals surface area contributed by atoms with E-state index in [1.54, 1.807) is 48.5 Å². The van der Waals surface area contributed by atoms with Crippen LogP contribution in [0.25, 0.3) is 0 Å². The second-order valence-electron chi connectivity index (χ2n) is 6.52. The first-order valence-corrected chi connectivity index (χ1v) is 9.10. The van der Waals surface area contributed by atoms with Crippen LogP contribution >= 0.6 is 0 Å². The van der Waals surface area contributed by atoms with Gasteiger partial charge in [-0.15, -0.1) is 0 Å². The van der Waals surface area contributed by atoms with Gasteiger partial charge in [0.15, 0.2) is 0 Å². The number of ether oxygens (including phenoxy) is 1. The normalized spacial score (nSPS) is 11.6. The van der Waals surface area contributed by atoms with Crippen LogP contribution in [0.5, 0.6) is 11.5 Å². The van der Waals surface area contributed by atoms with Gasteiger partial charge < -0.3 is 20.3 Å². The summed E-state index contributed by atoms with van der Waals surface area (Å²) >= 11 is 0. The lowest BCUT2D eigenvalue weighted by atomic mass is 10.1. The number of phenols is 1. The number of aliphatic hydroxyl groups excluding tert-OH is 1. The van der Waals surface area contributed by atoms with Crippen molar-refractivity contribution in [2.75, 3.05) is 6.61 Å². The molecule has 1 unspecified atom stereocenters. The topological polar surface area (TPSA) is 78.8 Å². The van der Waals surface area contributed by atoms with E-state index in [0.29, 0.717) is 24.3 Å². The number of carbonyl (C=O) groups excluding carboxylic acids is 1. The molecule has 0 saturated heterocycles. The zero-order valence-corrected chi connectivity index (χ0v) is 15.4. The quantitative estimate of drug-likeness (QED) is 0.563. The monoisotopic (exact) mass is 377 g/mol. The van der Waals surface area contributed by atoms with Crippen LogP contribution in [-0.2, 0) is 13.0 Å². The van der Waals surface area contributed by atoms with Crippen LogP contribution < -0.4 is 10.1 Å². The molecule has 3 aromatic carbocycles. The van der Waals surface area contributed by atoms with E-state index < -0.39 is 6.04 Å². The molecule has 5 heteroatoms. The van der Waals surface area contributed by atoms with E-state index in [9.17, 15) is 15.0 Å². The van der Waals surface area contributed by atoms with Crippen LogP contribution in [0.15, 0.2) is 78.9 Å². The van der Waals surface area contributed by atoms with Crippen molar-refractivity contribution in [3.63, 3.8) is 0 Å². The highest BCUT2D eigenvalue weighted by atomic mass is 16.5. The number of nitrogens with one attached hydrogen (secondary N) is 1. The second-order valence-corrected chi connectivity index (χ2v) is 6.52. The summed E-state index contributed by atoms with van der Waals surface area (Å²) < 4.78 is 5.73. The number of aromatic hydroxyl groups is 1. The highest BCUT2D eigenvalue weighted by Gasteiger charge is 2.14. The fourth-order valence-electron chi connectivity index (χ4n) is 2.79. The number of aliphatic hydroxyl groups is 1. The maximum absolute atomic E-state index is 12.4.